The lowest BCUT2D eigenvalue weighted by molar-refractivity contribution is 0.0950. The molecule has 1 amide bonds. The maximum absolute atomic E-state index is 12.7. The predicted molar refractivity (Wildman–Crippen MR) is 99.2 cm³/mol. The van der Waals surface area contributed by atoms with Gasteiger partial charge in [0, 0.05) is 30.7 Å². The Bertz CT molecular complexity index is 1040. The van der Waals surface area contributed by atoms with Gasteiger partial charge in [0.15, 0.2) is 0 Å². The lowest BCUT2D eigenvalue weighted by Gasteiger charge is -2.07. The molecule has 1 aromatic carbocycles. The van der Waals surface area contributed by atoms with Crippen molar-refractivity contribution in [3.05, 3.63) is 84.3 Å². The molecule has 0 aliphatic carbocycles. The summed E-state index contributed by atoms with van der Waals surface area (Å²) in [6.45, 7) is 2.09. The molecule has 7 heteroatoms. The molecule has 7 nitrogen and oxygen atoms in total. The molecule has 1 N–H and O–H groups in total. The van der Waals surface area contributed by atoms with E-state index in [1.54, 1.807) is 25.6 Å². The molecule has 0 unspecified atom stereocenters. The van der Waals surface area contributed by atoms with Gasteiger partial charge in [0.05, 0.1) is 0 Å². The van der Waals surface area contributed by atoms with Crippen LogP contribution in [0.3, 0.4) is 0 Å². The molecule has 27 heavy (non-hydrogen) atoms. The van der Waals surface area contributed by atoms with E-state index in [4.69, 9.17) is 4.52 Å². The Morgan fingerprint density at radius 2 is 2.04 bits per heavy atom. The number of amides is 1. The summed E-state index contributed by atoms with van der Waals surface area (Å²) < 4.78 is 7.06. The van der Waals surface area contributed by atoms with Gasteiger partial charge in [0.2, 0.25) is 0 Å². The molecular weight excluding hydrogens is 342 g/mol. The number of carbonyl (C=O) groups excluding carboxylic acids is 1. The lowest BCUT2D eigenvalue weighted by Crippen LogP contribution is -2.23. The fourth-order valence-corrected chi connectivity index (χ4v) is 2.77. The highest BCUT2D eigenvalue weighted by Gasteiger charge is 2.21. The molecule has 3 aromatic heterocycles. The Morgan fingerprint density at radius 3 is 2.74 bits per heavy atom. The van der Waals surface area contributed by atoms with E-state index in [1.807, 2.05) is 53.2 Å². The van der Waals surface area contributed by atoms with Crippen LogP contribution in [0.15, 0.2) is 71.9 Å². The van der Waals surface area contributed by atoms with Crippen LogP contribution in [0.2, 0.25) is 0 Å². The van der Waals surface area contributed by atoms with Crippen molar-refractivity contribution in [2.45, 2.75) is 13.5 Å². The maximum Gasteiger partial charge on any atom is 0.257 e. The summed E-state index contributed by atoms with van der Waals surface area (Å²) in [5.74, 6) is 1.02. The number of benzene rings is 1. The minimum atomic E-state index is -0.230. The van der Waals surface area contributed by atoms with E-state index in [9.17, 15) is 4.79 Å². The smallest absolute Gasteiger partial charge is 0.257 e. The molecule has 0 radical (unpaired) electrons. The Hall–Kier alpha value is -3.74. The molecule has 134 valence electrons. The summed E-state index contributed by atoms with van der Waals surface area (Å²) in [7, 11) is 0. The fraction of sp³-hybridized carbons (Fsp3) is 0.100. The van der Waals surface area contributed by atoms with Crippen molar-refractivity contribution in [2.75, 3.05) is 0 Å². The second kappa shape index (κ2) is 7.25. The van der Waals surface area contributed by atoms with Gasteiger partial charge in [0.1, 0.15) is 29.2 Å². The Kier molecular flexibility index (Phi) is 4.49. The molecule has 0 spiro atoms. The first kappa shape index (κ1) is 16.7. The number of hydrogen-bond donors (Lipinski definition) is 1. The van der Waals surface area contributed by atoms with Crippen molar-refractivity contribution >= 4 is 5.91 Å². The van der Waals surface area contributed by atoms with Gasteiger partial charge < -0.3 is 9.84 Å². The molecule has 0 saturated carbocycles. The van der Waals surface area contributed by atoms with Crippen LogP contribution in [0.1, 0.15) is 21.7 Å². The second-order valence-electron chi connectivity index (χ2n) is 6.01. The number of rotatable bonds is 5. The first-order chi connectivity index (χ1) is 13.2. The molecule has 0 bridgehead atoms. The van der Waals surface area contributed by atoms with Crippen LogP contribution in [-0.2, 0) is 6.54 Å². The van der Waals surface area contributed by atoms with Gasteiger partial charge >= 0.3 is 0 Å². The van der Waals surface area contributed by atoms with E-state index >= 15 is 0 Å². The number of aryl methyl sites for hydroxylation is 1. The van der Waals surface area contributed by atoms with Crippen LogP contribution in [0.5, 0.6) is 0 Å². The van der Waals surface area contributed by atoms with E-state index in [1.165, 1.54) is 0 Å². The molecule has 0 aliphatic rings. The Morgan fingerprint density at radius 1 is 1.19 bits per heavy atom. The second-order valence-corrected chi connectivity index (χ2v) is 6.01. The summed E-state index contributed by atoms with van der Waals surface area (Å²) in [5, 5.41) is 6.95. The highest BCUT2D eigenvalue weighted by molar-refractivity contribution is 6.00. The van der Waals surface area contributed by atoms with Gasteiger partial charge in [-0.15, -0.1) is 0 Å². The highest BCUT2D eigenvalue weighted by Crippen LogP contribution is 2.24. The lowest BCUT2D eigenvalue weighted by atomic mass is 10.1. The fourth-order valence-electron chi connectivity index (χ4n) is 2.77. The first-order valence-electron chi connectivity index (χ1n) is 8.45. The van der Waals surface area contributed by atoms with E-state index in [0.29, 0.717) is 23.6 Å². The highest BCUT2D eigenvalue weighted by atomic mass is 16.5. The monoisotopic (exact) mass is 359 g/mol. The quantitative estimate of drug-likeness (QED) is 0.591. The third-order valence-corrected chi connectivity index (χ3v) is 4.17. The summed E-state index contributed by atoms with van der Waals surface area (Å²) in [6, 6.07) is 13.3. The number of nitrogens with zero attached hydrogens (tertiary/aromatic N) is 4. The van der Waals surface area contributed by atoms with Crippen molar-refractivity contribution in [1.82, 2.24) is 25.0 Å². The van der Waals surface area contributed by atoms with Crippen molar-refractivity contribution in [1.29, 1.82) is 0 Å². The topological polar surface area (TPSA) is 85.8 Å². The van der Waals surface area contributed by atoms with Crippen molar-refractivity contribution in [3.8, 4) is 17.1 Å². The van der Waals surface area contributed by atoms with E-state index in [0.717, 1.165) is 16.9 Å². The SMILES string of the molecule is Cc1onc(-c2ccccc2)c1C(=O)NCc1ccc(-n2ccnc2)nc1. The van der Waals surface area contributed by atoms with Crippen LogP contribution in [0.4, 0.5) is 0 Å². The van der Waals surface area contributed by atoms with Gasteiger partial charge in [-0.1, -0.05) is 41.6 Å². The molecule has 4 aromatic rings. The summed E-state index contributed by atoms with van der Waals surface area (Å²) >= 11 is 0. The number of hydrogen-bond acceptors (Lipinski definition) is 5. The van der Waals surface area contributed by atoms with Crippen LogP contribution < -0.4 is 5.32 Å². The minimum Gasteiger partial charge on any atom is -0.360 e. The molecule has 0 aliphatic heterocycles. The third-order valence-electron chi connectivity index (χ3n) is 4.17. The molecule has 3 heterocycles. The van der Waals surface area contributed by atoms with E-state index in [2.05, 4.69) is 20.4 Å². The average molecular weight is 359 g/mol. The number of carbonyl (C=O) groups is 1. The third kappa shape index (κ3) is 3.48. The maximum atomic E-state index is 12.7. The number of pyridine rings is 1. The minimum absolute atomic E-state index is 0.230. The number of imidazole rings is 1. The molecule has 0 atom stereocenters. The predicted octanol–water partition coefficient (Wildman–Crippen LogP) is 3.16. The standard InChI is InChI=1S/C20H17N5O2/c1-14-18(19(24-27-14)16-5-3-2-4-6-16)20(26)23-12-15-7-8-17(22-11-15)25-10-9-21-13-25/h2-11,13H,12H2,1H3,(H,23,26). The molecule has 0 fully saturated rings. The average Bonchev–Trinajstić information content (AvgIpc) is 3.37. The van der Waals surface area contributed by atoms with Gasteiger partial charge in [-0.05, 0) is 18.6 Å². The van der Waals surface area contributed by atoms with E-state index in [-0.39, 0.29) is 5.91 Å². The Balaban J connectivity index is 1.48. The number of nitrogens with one attached hydrogen (secondary N) is 1. The van der Waals surface area contributed by atoms with Crippen molar-refractivity contribution in [3.63, 3.8) is 0 Å². The molecule has 4 rings (SSSR count). The number of aromatic nitrogens is 4. The first-order valence-corrected chi connectivity index (χ1v) is 8.45. The summed E-state index contributed by atoms with van der Waals surface area (Å²) in [5.41, 5.74) is 2.72. The molecular formula is C20H17N5O2. The van der Waals surface area contributed by atoms with Crippen molar-refractivity contribution < 1.29 is 9.32 Å². The summed E-state index contributed by atoms with van der Waals surface area (Å²) in [4.78, 5) is 21.1. The van der Waals surface area contributed by atoms with Crippen LogP contribution in [0, 0.1) is 6.92 Å². The van der Waals surface area contributed by atoms with Gasteiger partial charge in [-0.3, -0.25) is 9.36 Å². The van der Waals surface area contributed by atoms with E-state index < -0.39 is 0 Å². The Labute approximate surface area is 155 Å². The zero-order chi connectivity index (χ0) is 18.6. The zero-order valence-corrected chi connectivity index (χ0v) is 14.7. The normalized spacial score (nSPS) is 10.7. The van der Waals surface area contributed by atoms with Crippen LogP contribution in [-0.4, -0.2) is 25.6 Å². The van der Waals surface area contributed by atoms with Crippen LogP contribution >= 0.6 is 0 Å². The van der Waals surface area contributed by atoms with Crippen LogP contribution in [0.25, 0.3) is 17.1 Å². The van der Waals surface area contributed by atoms with Crippen molar-refractivity contribution in [2.24, 2.45) is 0 Å². The van der Waals surface area contributed by atoms with Gasteiger partial charge in [-0.25, -0.2) is 9.97 Å². The van der Waals surface area contributed by atoms with Gasteiger partial charge in [-0.2, -0.15) is 0 Å². The summed E-state index contributed by atoms with van der Waals surface area (Å²) in [6.07, 6.45) is 6.93. The zero-order valence-electron chi connectivity index (χ0n) is 14.7. The molecule has 0 saturated heterocycles. The van der Waals surface area contributed by atoms with Gasteiger partial charge in [0.25, 0.3) is 5.91 Å². The largest absolute Gasteiger partial charge is 0.360 e.